The smallest absolute Gasteiger partial charge is 0.0546 e. The highest BCUT2D eigenvalue weighted by Gasteiger charge is 2.22. The van der Waals surface area contributed by atoms with E-state index in [1.165, 1.54) is 85.5 Å². The molecule has 0 N–H and O–H groups in total. The quantitative estimate of drug-likeness (QED) is 0.161. The van der Waals surface area contributed by atoms with Crippen molar-refractivity contribution in [2.24, 2.45) is 0 Å². The summed E-state index contributed by atoms with van der Waals surface area (Å²) in [7, 11) is 0. The minimum atomic E-state index is 1.12. The van der Waals surface area contributed by atoms with Crippen LogP contribution < -0.4 is 4.90 Å². The average Bonchev–Trinajstić information content (AvgIpc) is 3.61. The van der Waals surface area contributed by atoms with E-state index in [0.717, 1.165) is 17.1 Å². The van der Waals surface area contributed by atoms with E-state index in [1.54, 1.807) is 0 Å². The number of anilines is 3. The lowest BCUT2D eigenvalue weighted by Crippen LogP contribution is -2.11. The zero-order chi connectivity index (χ0) is 35.6. The van der Waals surface area contributed by atoms with Crippen LogP contribution in [0.2, 0.25) is 0 Å². The van der Waals surface area contributed by atoms with Gasteiger partial charge in [0, 0.05) is 37.1 Å². The minimum Gasteiger partial charge on any atom is -0.310 e. The second-order valence-electron chi connectivity index (χ2n) is 14.1. The molecule has 1 nitrogen and oxygen atoms in total. The van der Waals surface area contributed by atoms with E-state index in [1.807, 2.05) is 11.3 Å². The first-order chi connectivity index (χ1) is 26.7. The summed E-state index contributed by atoms with van der Waals surface area (Å²) < 4.78 is 2.59. The third kappa shape index (κ3) is 5.07. The number of benzene rings is 10. The molecular weight excluding hydrogens is 671 g/mol. The Labute approximate surface area is 317 Å². The Morgan fingerprint density at radius 3 is 1.67 bits per heavy atom. The Balaban J connectivity index is 1.21. The van der Waals surface area contributed by atoms with Gasteiger partial charge in [0.05, 0.1) is 5.69 Å². The van der Waals surface area contributed by atoms with Crippen LogP contribution in [0.1, 0.15) is 0 Å². The number of thiophene rings is 1. The highest BCUT2D eigenvalue weighted by Crippen LogP contribution is 2.48. The number of fused-ring (bicyclic) bond motifs is 8. The van der Waals surface area contributed by atoms with Crippen LogP contribution in [0.4, 0.5) is 17.1 Å². The van der Waals surface area contributed by atoms with E-state index in [-0.39, 0.29) is 0 Å². The van der Waals surface area contributed by atoms with Gasteiger partial charge >= 0.3 is 0 Å². The zero-order valence-corrected chi connectivity index (χ0v) is 30.2. The Hall–Kier alpha value is -6.74. The largest absolute Gasteiger partial charge is 0.310 e. The lowest BCUT2D eigenvalue weighted by Gasteiger charge is -2.30. The molecule has 0 aliphatic carbocycles. The van der Waals surface area contributed by atoms with Gasteiger partial charge in [-0.25, -0.2) is 0 Å². The van der Waals surface area contributed by atoms with Gasteiger partial charge < -0.3 is 4.90 Å². The Morgan fingerprint density at radius 1 is 0.315 bits per heavy atom. The van der Waals surface area contributed by atoms with Crippen molar-refractivity contribution < 1.29 is 0 Å². The van der Waals surface area contributed by atoms with Gasteiger partial charge in [0.25, 0.3) is 0 Å². The summed E-state index contributed by atoms with van der Waals surface area (Å²) >= 11 is 1.86. The molecule has 0 saturated carbocycles. The van der Waals surface area contributed by atoms with Crippen molar-refractivity contribution in [3.8, 4) is 22.3 Å². The molecular formula is C52H33NS. The van der Waals surface area contributed by atoms with E-state index in [9.17, 15) is 0 Å². The molecule has 0 bridgehead atoms. The van der Waals surface area contributed by atoms with E-state index in [2.05, 4.69) is 205 Å². The first-order valence-electron chi connectivity index (χ1n) is 18.5. The van der Waals surface area contributed by atoms with Gasteiger partial charge in [0.1, 0.15) is 0 Å². The van der Waals surface area contributed by atoms with Crippen molar-refractivity contribution in [3.63, 3.8) is 0 Å². The summed E-state index contributed by atoms with van der Waals surface area (Å²) in [6.07, 6.45) is 0. The number of hydrogen-bond acceptors (Lipinski definition) is 2. The second kappa shape index (κ2) is 12.4. The average molecular weight is 704 g/mol. The fraction of sp³-hybridized carbons (Fsp3) is 0. The third-order valence-electron chi connectivity index (χ3n) is 11.0. The van der Waals surface area contributed by atoms with Crippen molar-refractivity contribution >= 4 is 91.7 Å². The van der Waals surface area contributed by atoms with Crippen LogP contribution in [0.25, 0.3) is 85.5 Å². The molecule has 252 valence electrons. The van der Waals surface area contributed by atoms with Gasteiger partial charge in [-0.05, 0) is 108 Å². The maximum Gasteiger partial charge on any atom is 0.0546 e. The van der Waals surface area contributed by atoms with Crippen LogP contribution >= 0.6 is 11.3 Å². The molecule has 11 rings (SSSR count). The molecule has 11 aromatic rings. The predicted octanol–water partition coefficient (Wildman–Crippen LogP) is 15.5. The molecule has 0 spiro atoms. The van der Waals surface area contributed by atoms with Crippen molar-refractivity contribution in [2.75, 3.05) is 4.90 Å². The molecule has 0 fully saturated rings. The molecule has 0 atom stereocenters. The Morgan fingerprint density at radius 2 is 0.870 bits per heavy atom. The fourth-order valence-corrected chi connectivity index (χ4v) is 9.53. The Bertz CT molecular complexity index is 3240. The van der Waals surface area contributed by atoms with Gasteiger partial charge in [-0.15, -0.1) is 11.3 Å². The highest BCUT2D eigenvalue weighted by atomic mass is 32.1. The van der Waals surface area contributed by atoms with Gasteiger partial charge in [-0.1, -0.05) is 152 Å². The lowest BCUT2D eigenvalue weighted by molar-refractivity contribution is 1.30. The number of nitrogens with zero attached hydrogens (tertiary/aromatic N) is 1. The molecule has 2 heteroatoms. The van der Waals surface area contributed by atoms with E-state index < -0.39 is 0 Å². The standard InChI is InChI=1S/C52H33NS/c1-3-13-37-30-39(23-20-34(37)10-1)46-17-9-18-49(52(46)41-25-21-35-11-2-4-14-38(35)31-41)53(43-27-29-48-47-16-7-8-19-50(47)54-51(48)33-43)42-26-28-45-40(32-42)24-22-36-12-5-6-15-44(36)45/h1-33H. The van der Waals surface area contributed by atoms with E-state index >= 15 is 0 Å². The minimum absolute atomic E-state index is 1.12. The molecule has 0 unspecified atom stereocenters. The summed E-state index contributed by atoms with van der Waals surface area (Å²) in [5, 5.41) is 12.6. The summed E-state index contributed by atoms with van der Waals surface area (Å²) in [5.74, 6) is 0. The fourth-order valence-electron chi connectivity index (χ4n) is 8.39. The van der Waals surface area contributed by atoms with Crippen molar-refractivity contribution in [3.05, 3.63) is 200 Å². The molecule has 1 aromatic heterocycles. The van der Waals surface area contributed by atoms with Crippen LogP contribution in [0.3, 0.4) is 0 Å². The lowest BCUT2D eigenvalue weighted by atomic mass is 9.90. The molecule has 0 aliphatic rings. The SMILES string of the molecule is c1cc(-c2ccc3ccccc3c2)c(-c2ccc3ccccc3c2)c(N(c2ccc3c(ccc4ccccc43)c2)c2ccc3c(c2)sc2ccccc23)c1. The summed E-state index contributed by atoms with van der Waals surface area (Å²) in [6.45, 7) is 0. The molecule has 0 radical (unpaired) electrons. The van der Waals surface area contributed by atoms with Crippen LogP contribution in [0.15, 0.2) is 200 Å². The number of rotatable bonds is 5. The van der Waals surface area contributed by atoms with Gasteiger partial charge in [-0.3, -0.25) is 0 Å². The predicted molar refractivity (Wildman–Crippen MR) is 235 cm³/mol. The molecule has 1 heterocycles. The monoisotopic (exact) mass is 703 g/mol. The van der Waals surface area contributed by atoms with Gasteiger partial charge in [0.15, 0.2) is 0 Å². The van der Waals surface area contributed by atoms with Gasteiger partial charge in [-0.2, -0.15) is 0 Å². The first kappa shape index (κ1) is 30.8. The normalized spacial score (nSPS) is 11.7. The summed E-state index contributed by atoms with van der Waals surface area (Å²) in [4.78, 5) is 2.48. The maximum absolute atomic E-state index is 2.48. The van der Waals surface area contributed by atoms with E-state index in [0.29, 0.717) is 0 Å². The van der Waals surface area contributed by atoms with Crippen molar-refractivity contribution in [1.29, 1.82) is 0 Å². The van der Waals surface area contributed by atoms with Crippen LogP contribution in [0.5, 0.6) is 0 Å². The second-order valence-corrected chi connectivity index (χ2v) is 15.2. The highest BCUT2D eigenvalue weighted by molar-refractivity contribution is 7.25. The van der Waals surface area contributed by atoms with Crippen LogP contribution in [-0.2, 0) is 0 Å². The molecule has 54 heavy (non-hydrogen) atoms. The molecule has 0 saturated heterocycles. The zero-order valence-electron chi connectivity index (χ0n) is 29.4. The van der Waals surface area contributed by atoms with Crippen molar-refractivity contribution in [2.45, 2.75) is 0 Å². The molecule has 10 aromatic carbocycles. The van der Waals surface area contributed by atoms with Crippen LogP contribution in [-0.4, -0.2) is 0 Å². The van der Waals surface area contributed by atoms with E-state index in [4.69, 9.17) is 0 Å². The maximum atomic E-state index is 2.48. The Kier molecular flexibility index (Phi) is 7.11. The van der Waals surface area contributed by atoms with Crippen molar-refractivity contribution in [1.82, 2.24) is 0 Å². The number of hydrogen-bond donors (Lipinski definition) is 0. The first-order valence-corrected chi connectivity index (χ1v) is 19.3. The topological polar surface area (TPSA) is 3.24 Å². The molecule has 0 amide bonds. The third-order valence-corrected chi connectivity index (χ3v) is 12.1. The summed E-state index contributed by atoms with van der Waals surface area (Å²) in [6, 6.07) is 73.8. The van der Waals surface area contributed by atoms with Gasteiger partial charge in [0.2, 0.25) is 0 Å². The molecule has 0 aliphatic heterocycles. The van der Waals surface area contributed by atoms with Crippen LogP contribution in [0, 0.1) is 0 Å². The summed E-state index contributed by atoms with van der Waals surface area (Å²) in [5.41, 5.74) is 8.18.